The summed E-state index contributed by atoms with van der Waals surface area (Å²) in [5.74, 6) is -1.12. The van der Waals surface area contributed by atoms with E-state index in [9.17, 15) is 14.4 Å². The highest BCUT2D eigenvalue weighted by Crippen LogP contribution is 2.13. The molecule has 0 bridgehead atoms. The molecular weight excluding hydrogens is 246 g/mol. The first-order chi connectivity index (χ1) is 8.97. The number of carbonyl (C=O) groups excluding carboxylic acids is 3. The molecule has 19 heavy (non-hydrogen) atoms. The molecule has 1 aromatic rings. The third kappa shape index (κ3) is 2.90. The Morgan fingerprint density at radius 2 is 2.16 bits per heavy atom. The first-order valence-electron chi connectivity index (χ1n) is 5.98. The Balaban J connectivity index is 2.06. The molecular formula is C13H15N3O3. The van der Waals surface area contributed by atoms with Crippen LogP contribution in [0.5, 0.6) is 0 Å². The average molecular weight is 261 g/mol. The number of amides is 3. The SMILES string of the molecule is Cc1cc(C(=O)NC2CCC(=O)NC2=O)ccc1N. The zero-order valence-corrected chi connectivity index (χ0v) is 10.5. The van der Waals surface area contributed by atoms with Gasteiger partial charge in [0, 0.05) is 17.7 Å². The van der Waals surface area contributed by atoms with Gasteiger partial charge in [-0.15, -0.1) is 0 Å². The van der Waals surface area contributed by atoms with Crippen LogP contribution in [0.2, 0.25) is 0 Å². The number of nitrogens with one attached hydrogen (secondary N) is 2. The lowest BCUT2D eigenvalue weighted by Gasteiger charge is -2.21. The van der Waals surface area contributed by atoms with Crippen molar-refractivity contribution in [2.75, 3.05) is 5.73 Å². The van der Waals surface area contributed by atoms with Gasteiger partial charge >= 0.3 is 0 Å². The van der Waals surface area contributed by atoms with Crippen molar-refractivity contribution in [3.05, 3.63) is 29.3 Å². The number of nitrogens with two attached hydrogens (primary N) is 1. The van der Waals surface area contributed by atoms with Crippen molar-refractivity contribution in [1.82, 2.24) is 10.6 Å². The molecule has 2 rings (SSSR count). The van der Waals surface area contributed by atoms with Crippen molar-refractivity contribution in [2.45, 2.75) is 25.8 Å². The van der Waals surface area contributed by atoms with Gasteiger partial charge in [0.2, 0.25) is 11.8 Å². The zero-order valence-electron chi connectivity index (χ0n) is 10.5. The second kappa shape index (κ2) is 5.09. The van der Waals surface area contributed by atoms with E-state index in [1.807, 2.05) is 0 Å². The Hall–Kier alpha value is -2.37. The molecule has 0 aliphatic carbocycles. The minimum absolute atomic E-state index is 0.234. The number of carbonyl (C=O) groups is 3. The van der Waals surface area contributed by atoms with Crippen LogP contribution in [0.25, 0.3) is 0 Å². The van der Waals surface area contributed by atoms with Crippen molar-refractivity contribution < 1.29 is 14.4 Å². The summed E-state index contributed by atoms with van der Waals surface area (Å²) < 4.78 is 0. The van der Waals surface area contributed by atoms with Crippen LogP contribution in [0.1, 0.15) is 28.8 Å². The van der Waals surface area contributed by atoms with Gasteiger partial charge in [-0.05, 0) is 37.1 Å². The van der Waals surface area contributed by atoms with Gasteiger partial charge in [0.15, 0.2) is 0 Å². The molecule has 0 spiro atoms. The number of aryl methyl sites for hydroxylation is 1. The molecule has 1 heterocycles. The monoisotopic (exact) mass is 261 g/mol. The summed E-state index contributed by atoms with van der Waals surface area (Å²) in [5.41, 5.74) is 7.53. The van der Waals surface area contributed by atoms with Crippen molar-refractivity contribution in [3.8, 4) is 0 Å². The maximum absolute atomic E-state index is 12.0. The predicted molar refractivity (Wildman–Crippen MR) is 69.2 cm³/mol. The minimum Gasteiger partial charge on any atom is -0.399 e. The first-order valence-corrected chi connectivity index (χ1v) is 5.98. The highest BCUT2D eigenvalue weighted by atomic mass is 16.2. The van der Waals surface area contributed by atoms with Crippen LogP contribution in [0.4, 0.5) is 5.69 Å². The third-order valence-electron chi connectivity index (χ3n) is 3.08. The summed E-state index contributed by atoms with van der Waals surface area (Å²) in [6.45, 7) is 1.80. The van der Waals surface area contributed by atoms with Gasteiger partial charge in [-0.1, -0.05) is 0 Å². The molecule has 1 aliphatic rings. The van der Waals surface area contributed by atoms with Crippen molar-refractivity contribution in [1.29, 1.82) is 0 Å². The van der Waals surface area contributed by atoms with E-state index in [0.717, 1.165) is 5.56 Å². The van der Waals surface area contributed by atoms with Crippen molar-refractivity contribution in [2.24, 2.45) is 0 Å². The van der Waals surface area contributed by atoms with Gasteiger partial charge in [0.05, 0.1) is 0 Å². The Bertz CT molecular complexity index is 554. The summed E-state index contributed by atoms with van der Waals surface area (Å²) in [6, 6.07) is 4.25. The van der Waals surface area contributed by atoms with Gasteiger partial charge in [-0.3, -0.25) is 19.7 Å². The van der Waals surface area contributed by atoms with Crippen molar-refractivity contribution >= 4 is 23.4 Å². The molecule has 1 aliphatic heterocycles. The third-order valence-corrected chi connectivity index (χ3v) is 3.08. The van der Waals surface area contributed by atoms with Crippen LogP contribution in [0.15, 0.2) is 18.2 Å². The molecule has 1 atom stereocenters. The molecule has 0 radical (unpaired) electrons. The molecule has 0 aromatic heterocycles. The summed E-state index contributed by atoms with van der Waals surface area (Å²) >= 11 is 0. The summed E-state index contributed by atoms with van der Waals surface area (Å²) in [4.78, 5) is 34.5. The highest BCUT2D eigenvalue weighted by molar-refractivity contribution is 6.03. The van der Waals surface area contributed by atoms with E-state index >= 15 is 0 Å². The lowest BCUT2D eigenvalue weighted by molar-refractivity contribution is -0.134. The van der Waals surface area contributed by atoms with E-state index in [-0.39, 0.29) is 18.2 Å². The zero-order chi connectivity index (χ0) is 14.0. The smallest absolute Gasteiger partial charge is 0.251 e. The maximum atomic E-state index is 12.0. The normalized spacial score (nSPS) is 18.9. The fraction of sp³-hybridized carbons (Fsp3) is 0.308. The van der Waals surface area contributed by atoms with E-state index < -0.39 is 11.9 Å². The number of anilines is 1. The summed E-state index contributed by atoms with van der Waals surface area (Å²) in [6.07, 6.45) is 0.557. The number of hydrogen-bond acceptors (Lipinski definition) is 4. The first kappa shape index (κ1) is 13.1. The Morgan fingerprint density at radius 1 is 1.42 bits per heavy atom. The molecule has 1 aromatic carbocycles. The molecule has 4 N–H and O–H groups in total. The van der Waals surface area contributed by atoms with Gasteiger partial charge in [0.1, 0.15) is 6.04 Å². The second-order valence-corrected chi connectivity index (χ2v) is 4.55. The molecule has 6 heteroatoms. The predicted octanol–water partition coefficient (Wildman–Crippen LogP) is 0.112. The number of benzene rings is 1. The lowest BCUT2D eigenvalue weighted by Crippen LogP contribution is -2.52. The fourth-order valence-electron chi connectivity index (χ4n) is 1.89. The van der Waals surface area contributed by atoms with Crippen LogP contribution in [-0.2, 0) is 9.59 Å². The van der Waals surface area contributed by atoms with Crippen LogP contribution in [-0.4, -0.2) is 23.8 Å². The molecule has 0 saturated carbocycles. The Morgan fingerprint density at radius 3 is 2.79 bits per heavy atom. The number of nitrogen functional groups attached to an aromatic ring is 1. The van der Waals surface area contributed by atoms with Crippen LogP contribution in [0.3, 0.4) is 0 Å². The van der Waals surface area contributed by atoms with Crippen LogP contribution < -0.4 is 16.4 Å². The van der Waals surface area contributed by atoms with Gasteiger partial charge in [-0.25, -0.2) is 0 Å². The average Bonchev–Trinajstić information content (AvgIpc) is 2.36. The van der Waals surface area contributed by atoms with Gasteiger partial charge in [0.25, 0.3) is 5.91 Å². The molecule has 1 saturated heterocycles. The van der Waals surface area contributed by atoms with E-state index in [2.05, 4.69) is 10.6 Å². The molecule has 100 valence electrons. The molecule has 6 nitrogen and oxygen atoms in total. The van der Waals surface area contributed by atoms with Gasteiger partial charge < -0.3 is 11.1 Å². The summed E-state index contributed by atoms with van der Waals surface area (Å²) in [5, 5.41) is 4.80. The maximum Gasteiger partial charge on any atom is 0.251 e. The topological polar surface area (TPSA) is 101 Å². The fourth-order valence-corrected chi connectivity index (χ4v) is 1.89. The Labute approximate surface area is 110 Å². The number of rotatable bonds is 2. The number of hydrogen-bond donors (Lipinski definition) is 3. The number of piperidine rings is 1. The van der Waals surface area contributed by atoms with Crippen LogP contribution >= 0.6 is 0 Å². The summed E-state index contributed by atoms with van der Waals surface area (Å²) in [7, 11) is 0. The molecule has 1 unspecified atom stereocenters. The standard InChI is InChI=1S/C13H15N3O3/c1-7-6-8(2-3-9(7)14)12(18)15-10-4-5-11(17)16-13(10)19/h2-3,6,10H,4-5,14H2,1H3,(H,15,18)(H,16,17,19). The van der Waals surface area contributed by atoms with Gasteiger partial charge in [-0.2, -0.15) is 0 Å². The van der Waals surface area contributed by atoms with Crippen LogP contribution in [0, 0.1) is 6.92 Å². The molecule has 3 amide bonds. The lowest BCUT2D eigenvalue weighted by atomic mass is 10.0. The van der Waals surface area contributed by atoms with Crippen molar-refractivity contribution in [3.63, 3.8) is 0 Å². The second-order valence-electron chi connectivity index (χ2n) is 4.55. The highest BCUT2D eigenvalue weighted by Gasteiger charge is 2.28. The largest absolute Gasteiger partial charge is 0.399 e. The van der Waals surface area contributed by atoms with E-state index in [0.29, 0.717) is 17.7 Å². The molecule has 1 fully saturated rings. The van der Waals surface area contributed by atoms with E-state index in [4.69, 9.17) is 5.73 Å². The minimum atomic E-state index is -0.664. The quantitative estimate of drug-likeness (QED) is 0.519. The Kier molecular flexibility index (Phi) is 3.50. The van der Waals surface area contributed by atoms with E-state index in [1.165, 1.54) is 0 Å². The van der Waals surface area contributed by atoms with E-state index in [1.54, 1.807) is 25.1 Å². The number of imide groups is 1.